The third-order valence-corrected chi connectivity index (χ3v) is 2.52. The van der Waals surface area contributed by atoms with Crippen LogP contribution in [0, 0.1) is 0 Å². The lowest BCUT2D eigenvalue weighted by Gasteiger charge is -2.08. The summed E-state index contributed by atoms with van der Waals surface area (Å²) < 4.78 is 5.55. The second-order valence-electron chi connectivity index (χ2n) is 3.83. The Bertz CT molecular complexity index is 526. The van der Waals surface area contributed by atoms with Gasteiger partial charge in [0.25, 0.3) is 0 Å². The fourth-order valence-electron chi connectivity index (χ4n) is 1.40. The highest BCUT2D eigenvalue weighted by molar-refractivity contribution is 5.80. The predicted octanol–water partition coefficient (Wildman–Crippen LogP) is 1.86. The molecule has 0 radical (unpaired) electrons. The summed E-state index contributed by atoms with van der Waals surface area (Å²) in [6.45, 7) is 1.72. The molecule has 0 aromatic carbocycles. The Morgan fingerprint density at radius 3 is 2.50 bits per heavy atom. The second-order valence-corrected chi connectivity index (χ2v) is 3.83. The molecule has 0 saturated carbocycles. The number of hydrogen-bond donors (Lipinski definition) is 1. The second kappa shape index (κ2) is 5.27. The van der Waals surface area contributed by atoms with Gasteiger partial charge >= 0.3 is 0 Å². The molecule has 0 aliphatic carbocycles. The minimum atomic E-state index is -0.403. The Morgan fingerprint density at radius 1 is 1.22 bits per heavy atom. The van der Waals surface area contributed by atoms with Crippen molar-refractivity contribution in [3.05, 3.63) is 48.5 Å². The van der Waals surface area contributed by atoms with E-state index in [1.165, 1.54) is 0 Å². The number of amides is 1. The SMILES string of the molecule is CC(C(N)=O)c1ccc(Oc2ccncc2)cn1. The van der Waals surface area contributed by atoms with Gasteiger partial charge in [-0.15, -0.1) is 0 Å². The number of carbonyl (C=O) groups excluding carboxylic acids is 1. The number of primary amides is 1. The number of nitrogens with zero attached hydrogens (tertiary/aromatic N) is 2. The van der Waals surface area contributed by atoms with Crippen molar-refractivity contribution in [2.75, 3.05) is 0 Å². The minimum Gasteiger partial charge on any atom is -0.456 e. The number of rotatable bonds is 4. The van der Waals surface area contributed by atoms with Gasteiger partial charge in [0.2, 0.25) is 5.91 Å². The number of hydrogen-bond acceptors (Lipinski definition) is 4. The summed E-state index contributed by atoms with van der Waals surface area (Å²) in [6.07, 6.45) is 4.85. The molecule has 18 heavy (non-hydrogen) atoms. The average Bonchev–Trinajstić information content (AvgIpc) is 2.40. The van der Waals surface area contributed by atoms with Gasteiger partial charge < -0.3 is 10.5 Å². The number of ether oxygens (including phenoxy) is 1. The van der Waals surface area contributed by atoms with Crippen molar-refractivity contribution in [3.63, 3.8) is 0 Å². The van der Waals surface area contributed by atoms with Crippen LogP contribution in [-0.2, 0) is 4.79 Å². The molecule has 0 bridgehead atoms. The molecule has 5 heteroatoms. The van der Waals surface area contributed by atoms with Crippen molar-refractivity contribution in [1.82, 2.24) is 9.97 Å². The fraction of sp³-hybridized carbons (Fsp3) is 0.154. The Balaban J connectivity index is 2.11. The van der Waals surface area contributed by atoms with Crippen LogP contribution in [0.4, 0.5) is 0 Å². The van der Waals surface area contributed by atoms with Crippen molar-refractivity contribution < 1.29 is 9.53 Å². The topological polar surface area (TPSA) is 78.1 Å². The summed E-state index contributed by atoms with van der Waals surface area (Å²) >= 11 is 0. The Kier molecular flexibility index (Phi) is 3.52. The van der Waals surface area contributed by atoms with Gasteiger partial charge in [0.15, 0.2) is 0 Å². The zero-order valence-electron chi connectivity index (χ0n) is 9.91. The molecule has 2 rings (SSSR count). The van der Waals surface area contributed by atoms with E-state index < -0.39 is 11.8 Å². The number of nitrogens with two attached hydrogens (primary N) is 1. The van der Waals surface area contributed by atoms with Crippen LogP contribution in [0.5, 0.6) is 11.5 Å². The van der Waals surface area contributed by atoms with E-state index in [2.05, 4.69) is 9.97 Å². The largest absolute Gasteiger partial charge is 0.456 e. The van der Waals surface area contributed by atoms with Gasteiger partial charge in [-0.05, 0) is 31.2 Å². The maximum absolute atomic E-state index is 11.0. The van der Waals surface area contributed by atoms with Gasteiger partial charge in [-0.1, -0.05) is 0 Å². The monoisotopic (exact) mass is 243 g/mol. The molecule has 0 saturated heterocycles. The highest BCUT2D eigenvalue weighted by Crippen LogP contribution is 2.21. The predicted molar refractivity (Wildman–Crippen MR) is 66.2 cm³/mol. The number of pyridine rings is 2. The van der Waals surface area contributed by atoms with Crippen LogP contribution in [0.2, 0.25) is 0 Å². The van der Waals surface area contributed by atoms with Crippen molar-refractivity contribution in [2.45, 2.75) is 12.8 Å². The molecule has 0 fully saturated rings. The first kappa shape index (κ1) is 12.0. The average molecular weight is 243 g/mol. The lowest BCUT2D eigenvalue weighted by molar-refractivity contribution is -0.119. The molecule has 1 unspecified atom stereocenters. The van der Waals surface area contributed by atoms with Crippen LogP contribution in [0.1, 0.15) is 18.5 Å². The molecule has 92 valence electrons. The summed E-state index contributed by atoms with van der Waals surface area (Å²) in [5.74, 6) is 0.481. The Hall–Kier alpha value is -2.43. The molecule has 2 N–H and O–H groups in total. The van der Waals surface area contributed by atoms with E-state index in [9.17, 15) is 4.79 Å². The van der Waals surface area contributed by atoms with Crippen molar-refractivity contribution in [1.29, 1.82) is 0 Å². The molecule has 2 heterocycles. The highest BCUT2D eigenvalue weighted by atomic mass is 16.5. The molecule has 0 spiro atoms. The van der Waals surface area contributed by atoms with Gasteiger partial charge in [-0.3, -0.25) is 14.8 Å². The van der Waals surface area contributed by atoms with E-state index in [4.69, 9.17) is 10.5 Å². The third kappa shape index (κ3) is 2.82. The van der Waals surface area contributed by atoms with Crippen LogP contribution in [0.15, 0.2) is 42.9 Å². The summed E-state index contributed by atoms with van der Waals surface area (Å²) in [5, 5.41) is 0. The molecule has 0 aliphatic heterocycles. The first-order valence-electron chi connectivity index (χ1n) is 5.50. The van der Waals surface area contributed by atoms with Crippen LogP contribution in [0.25, 0.3) is 0 Å². The van der Waals surface area contributed by atoms with E-state index in [1.807, 2.05) is 0 Å². The Labute approximate surface area is 105 Å². The molecule has 1 atom stereocenters. The van der Waals surface area contributed by atoms with Gasteiger partial charge in [0, 0.05) is 12.4 Å². The lowest BCUT2D eigenvalue weighted by atomic mass is 10.1. The van der Waals surface area contributed by atoms with Crippen molar-refractivity contribution in [3.8, 4) is 11.5 Å². The summed E-state index contributed by atoms with van der Waals surface area (Å²) in [5.41, 5.74) is 5.84. The van der Waals surface area contributed by atoms with Crippen molar-refractivity contribution >= 4 is 5.91 Å². The molecule has 0 aliphatic rings. The maximum Gasteiger partial charge on any atom is 0.226 e. The van der Waals surface area contributed by atoms with Gasteiger partial charge in [-0.2, -0.15) is 0 Å². The van der Waals surface area contributed by atoms with E-state index in [0.29, 0.717) is 17.2 Å². The third-order valence-electron chi connectivity index (χ3n) is 2.52. The van der Waals surface area contributed by atoms with Crippen LogP contribution in [-0.4, -0.2) is 15.9 Å². The zero-order valence-corrected chi connectivity index (χ0v) is 9.91. The van der Waals surface area contributed by atoms with Gasteiger partial charge in [0.05, 0.1) is 17.8 Å². The zero-order chi connectivity index (χ0) is 13.0. The molecule has 2 aromatic heterocycles. The summed E-state index contributed by atoms with van der Waals surface area (Å²) in [4.78, 5) is 19.1. The standard InChI is InChI=1S/C13H13N3O2/c1-9(13(14)17)12-3-2-11(8-16-12)18-10-4-6-15-7-5-10/h2-9H,1H3,(H2,14,17). The summed E-state index contributed by atoms with van der Waals surface area (Å²) in [7, 11) is 0. The molecular weight excluding hydrogens is 230 g/mol. The fourth-order valence-corrected chi connectivity index (χ4v) is 1.40. The van der Waals surface area contributed by atoms with E-state index in [0.717, 1.165) is 0 Å². The quantitative estimate of drug-likeness (QED) is 0.888. The Morgan fingerprint density at radius 2 is 1.94 bits per heavy atom. The van der Waals surface area contributed by atoms with Crippen LogP contribution < -0.4 is 10.5 Å². The first-order valence-corrected chi connectivity index (χ1v) is 5.50. The van der Waals surface area contributed by atoms with Gasteiger partial charge in [0.1, 0.15) is 11.5 Å². The molecule has 5 nitrogen and oxygen atoms in total. The highest BCUT2D eigenvalue weighted by Gasteiger charge is 2.12. The van der Waals surface area contributed by atoms with Crippen LogP contribution >= 0.6 is 0 Å². The van der Waals surface area contributed by atoms with Crippen molar-refractivity contribution in [2.24, 2.45) is 5.73 Å². The summed E-state index contributed by atoms with van der Waals surface area (Å²) in [6, 6.07) is 6.98. The van der Waals surface area contributed by atoms with Crippen LogP contribution in [0.3, 0.4) is 0 Å². The molecule has 1 amide bonds. The smallest absolute Gasteiger partial charge is 0.226 e. The molecule has 2 aromatic rings. The van der Waals surface area contributed by atoms with E-state index in [-0.39, 0.29) is 0 Å². The lowest BCUT2D eigenvalue weighted by Crippen LogP contribution is -2.19. The van der Waals surface area contributed by atoms with E-state index >= 15 is 0 Å². The van der Waals surface area contributed by atoms with E-state index in [1.54, 1.807) is 49.8 Å². The molecular formula is C13H13N3O2. The first-order chi connectivity index (χ1) is 8.66. The maximum atomic E-state index is 11.0. The van der Waals surface area contributed by atoms with Gasteiger partial charge in [-0.25, -0.2) is 0 Å². The number of carbonyl (C=O) groups is 1. The normalized spacial score (nSPS) is 11.8. The number of aromatic nitrogens is 2. The minimum absolute atomic E-state index is 0.398.